The first-order valence-corrected chi connectivity index (χ1v) is 7.33. The van der Waals surface area contributed by atoms with E-state index in [0.29, 0.717) is 17.7 Å². The Morgan fingerprint density at radius 1 is 1.30 bits per heavy atom. The molecule has 104 valence electrons. The number of hydrogen-bond donors (Lipinski definition) is 1. The maximum atomic E-state index is 14.3. The van der Waals surface area contributed by atoms with Crippen LogP contribution in [0.25, 0.3) is 0 Å². The van der Waals surface area contributed by atoms with Gasteiger partial charge in [0.05, 0.1) is 12.6 Å². The van der Waals surface area contributed by atoms with Gasteiger partial charge in [-0.1, -0.05) is 34.1 Å². The topological polar surface area (TPSA) is 35.2 Å². The predicted octanol–water partition coefficient (Wildman–Crippen LogP) is 3.88. The summed E-state index contributed by atoms with van der Waals surface area (Å²) in [5, 5.41) is 0. The molecule has 2 aromatic rings. The molecule has 0 saturated heterocycles. The van der Waals surface area contributed by atoms with Gasteiger partial charge < -0.3 is 10.5 Å². The molecular formula is C16H15BrFNO. The zero-order valence-electron chi connectivity index (χ0n) is 11.1. The molecule has 0 saturated carbocycles. The van der Waals surface area contributed by atoms with Crippen molar-refractivity contribution in [3.05, 3.63) is 62.9 Å². The van der Waals surface area contributed by atoms with Gasteiger partial charge >= 0.3 is 0 Å². The molecule has 0 aromatic heterocycles. The predicted molar refractivity (Wildman–Crippen MR) is 80.5 cm³/mol. The van der Waals surface area contributed by atoms with Crippen molar-refractivity contribution >= 4 is 15.9 Å². The van der Waals surface area contributed by atoms with Crippen molar-refractivity contribution in [2.75, 3.05) is 6.61 Å². The minimum absolute atomic E-state index is 0.244. The molecule has 0 spiro atoms. The SMILES string of the molecule is Cc1cccc(C(N)c2cc(Br)cc3c2OCC3)c1F. The molecule has 2 aromatic carbocycles. The zero-order chi connectivity index (χ0) is 14.3. The second kappa shape index (κ2) is 5.19. The molecule has 1 aliphatic heterocycles. The van der Waals surface area contributed by atoms with Crippen LogP contribution in [0.2, 0.25) is 0 Å². The fourth-order valence-electron chi connectivity index (χ4n) is 2.61. The summed E-state index contributed by atoms with van der Waals surface area (Å²) in [6, 6.07) is 8.72. The van der Waals surface area contributed by atoms with Crippen LogP contribution < -0.4 is 10.5 Å². The van der Waals surface area contributed by atoms with Gasteiger partial charge in [0, 0.05) is 22.0 Å². The van der Waals surface area contributed by atoms with Crippen molar-refractivity contribution < 1.29 is 9.13 Å². The average Bonchev–Trinajstić information content (AvgIpc) is 2.88. The second-order valence-electron chi connectivity index (χ2n) is 5.04. The minimum Gasteiger partial charge on any atom is -0.493 e. The van der Waals surface area contributed by atoms with Crippen LogP contribution in [0.15, 0.2) is 34.8 Å². The first-order chi connectivity index (χ1) is 9.58. The number of rotatable bonds is 2. The molecule has 0 fully saturated rings. The summed E-state index contributed by atoms with van der Waals surface area (Å²) >= 11 is 3.48. The van der Waals surface area contributed by atoms with Crippen LogP contribution in [0.1, 0.15) is 28.3 Å². The van der Waals surface area contributed by atoms with Crippen LogP contribution in [0, 0.1) is 12.7 Å². The summed E-state index contributed by atoms with van der Waals surface area (Å²) in [6.07, 6.45) is 0.866. The summed E-state index contributed by atoms with van der Waals surface area (Å²) in [7, 11) is 0. The van der Waals surface area contributed by atoms with Gasteiger partial charge in [-0.15, -0.1) is 0 Å². The third-order valence-corrected chi connectivity index (χ3v) is 4.13. The van der Waals surface area contributed by atoms with Gasteiger partial charge in [0.25, 0.3) is 0 Å². The highest BCUT2D eigenvalue weighted by atomic mass is 79.9. The number of hydrogen-bond acceptors (Lipinski definition) is 2. The Hall–Kier alpha value is -1.39. The Morgan fingerprint density at radius 3 is 2.90 bits per heavy atom. The number of aryl methyl sites for hydroxylation is 1. The molecule has 20 heavy (non-hydrogen) atoms. The Morgan fingerprint density at radius 2 is 2.10 bits per heavy atom. The maximum absolute atomic E-state index is 14.3. The van der Waals surface area contributed by atoms with Gasteiger partial charge in [-0.3, -0.25) is 0 Å². The molecule has 1 heterocycles. The van der Waals surface area contributed by atoms with Crippen molar-refractivity contribution in [1.29, 1.82) is 0 Å². The smallest absolute Gasteiger partial charge is 0.131 e. The van der Waals surface area contributed by atoms with Gasteiger partial charge in [0.2, 0.25) is 0 Å². The maximum Gasteiger partial charge on any atom is 0.131 e. The highest BCUT2D eigenvalue weighted by molar-refractivity contribution is 9.10. The van der Waals surface area contributed by atoms with Crippen LogP contribution in [-0.2, 0) is 6.42 Å². The number of halogens is 2. The summed E-state index contributed by atoms with van der Waals surface area (Å²) in [5.41, 5.74) is 9.34. The normalized spacial score (nSPS) is 14.8. The first kappa shape index (κ1) is 13.6. The molecule has 3 rings (SSSR count). The van der Waals surface area contributed by atoms with Crippen LogP contribution in [0.3, 0.4) is 0 Å². The standard InChI is InChI=1S/C16H15BrFNO/c1-9-3-2-4-12(14(9)18)15(19)13-8-11(17)7-10-5-6-20-16(10)13/h2-4,7-8,15H,5-6,19H2,1H3. The van der Waals surface area contributed by atoms with E-state index in [1.165, 1.54) is 0 Å². The van der Waals surface area contributed by atoms with Crippen LogP contribution in [0.5, 0.6) is 5.75 Å². The molecule has 0 amide bonds. The third-order valence-electron chi connectivity index (χ3n) is 3.67. The Labute approximate surface area is 125 Å². The highest BCUT2D eigenvalue weighted by Crippen LogP contribution is 2.38. The van der Waals surface area contributed by atoms with Crippen molar-refractivity contribution in [3.8, 4) is 5.75 Å². The van der Waals surface area contributed by atoms with E-state index < -0.39 is 6.04 Å². The molecule has 4 heteroatoms. The van der Waals surface area contributed by atoms with Gasteiger partial charge in [-0.25, -0.2) is 4.39 Å². The van der Waals surface area contributed by atoms with E-state index in [4.69, 9.17) is 10.5 Å². The molecule has 0 radical (unpaired) electrons. The average molecular weight is 336 g/mol. The van der Waals surface area contributed by atoms with Crippen molar-refractivity contribution in [3.63, 3.8) is 0 Å². The molecule has 1 aliphatic rings. The Kier molecular flexibility index (Phi) is 3.52. The third kappa shape index (κ3) is 2.23. The lowest BCUT2D eigenvalue weighted by atomic mass is 9.95. The Balaban J connectivity index is 2.11. The minimum atomic E-state index is -0.528. The summed E-state index contributed by atoms with van der Waals surface area (Å²) < 4.78 is 20.9. The molecule has 2 nitrogen and oxygen atoms in total. The van der Waals surface area contributed by atoms with Crippen LogP contribution >= 0.6 is 15.9 Å². The molecule has 0 bridgehead atoms. The summed E-state index contributed by atoms with van der Waals surface area (Å²) in [5.74, 6) is 0.563. The molecule has 2 N–H and O–H groups in total. The summed E-state index contributed by atoms with van der Waals surface area (Å²) in [4.78, 5) is 0. The van der Waals surface area contributed by atoms with Gasteiger partial charge in [-0.05, 0) is 30.2 Å². The Bertz CT molecular complexity index is 672. The fraction of sp³-hybridized carbons (Fsp3) is 0.250. The molecular weight excluding hydrogens is 321 g/mol. The number of nitrogens with two attached hydrogens (primary N) is 1. The van der Waals surface area contributed by atoms with Crippen LogP contribution in [0.4, 0.5) is 4.39 Å². The largest absolute Gasteiger partial charge is 0.493 e. The lowest BCUT2D eigenvalue weighted by Gasteiger charge is -2.18. The lowest BCUT2D eigenvalue weighted by Crippen LogP contribution is -2.15. The lowest BCUT2D eigenvalue weighted by molar-refractivity contribution is 0.352. The van der Waals surface area contributed by atoms with Gasteiger partial charge in [0.1, 0.15) is 11.6 Å². The van der Waals surface area contributed by atoms with E-state index in [-0.39, 0.29) is 5.82 Å². The first-order valence-electron chi connectivity index (χ1n) is 6.53. The van der Waals surface area contributed by atoms with Crippen molar-refractivity contribution in [2.45, 2.75) is 19.4 Å². The number of ether oxygens (including phenoxy) is 1. The monoisotopic (exact) mass is 335 g/mol. The van der Waals surface area contributed by atoms with E-state index in [9.17, 15) is 4.39 Å². The van der Waals surface area contributed by atoms with E-state index >= 15 is 0 Å². The van der Waals surface area contributed by atoms with Crippen LogP contribution in [-0.4, -0.2) is 6.61 Å². The highest BCUT2D eigenvalue weighted by Gasteiger charge is 2.24. The van der Waals surface area contributed by atoms with E-state index in [2.05, 4.69) is 15.9 Å². The zero-order valence-corrected chi connectivity index (χ0v) is 12.7. The molecule has 1 unspecified atom stereocenters. The number of benzene rings is 2. The fourth-order valence-corrected chi connectivity index (χ4v) is 3.13. The van der Waals surface area contributed by atoms with Gasteiger partial charge in [0.15, 0.2) is 0 Å². The molecule has 0 aliphatic carbocycles. The molecule has 1 atom stereocenters. The number of fused-ring (bicyclic) bond motifs is 1. The quantitative estimate of drug-likeness (QED) is 0.903. The van der Waals surface area contributed by atoms with Crippen molar-refractivity contribution in [2.24, 2.45) is 5.73 Å². The van der Waals surface area contributed by atoms with Gasteiger partial charge in [-0.2, -0.15) is 0 Å². The van der Waals surface area contributed by atoms with E-state index in [1.54, 1.807) is 19.1 Å². The van der Waals surface area contributed by atoms with E-state index in [0.717, 1.165) is 27.8 Å². The summed E-state index contributed by atoms with van der Waals surface area (Å²) in [6.45, 7) is 2.40. The second-order valence-corrected chi connectivity index (χ2v) is 5.95. The van der Waals surface area contributed by atoms with E-state index in [1.807, 2.05) is 18.2 Å². The van der Waals surface area contributed by atoms with Crippen molar-refractivity contribution in [1.82, 2.24) is 0 Å².